The molecule has 0 radical (unpaired) electrons. The molecule has 2 aromatic carbocycles. The van der Waals surface area contributed by atoms with Crippen molar-refractivity contribution in [3.63, 3.8) is 0 Å². The first-order chi connectivity index (χ1) is 11.4. The lowest BCUT2D eigenvalue weighted by molar-refractivity contribution is -0.384. The summed E-state index contributed by atoms with van der Waals surface area (Å²) in [6.45, 7) is 3.91. The van der Waals surface area contributed by atoms with Gasteiger partial charge in [-0.3, -0.25) is 10.1 Å². The number of nitro benzene ring substituents is 1. The van der Waals surface area contributed by atoms with Gasteiger partial charge in [-0.2, -0.15) is 0 Å². The van der Waals surface area contributed by atoms with Gasteiger partial charge in [0.25, 0.3) is 5.69 Å². The second-order valence-electron chi connectivity index (χ2n) is 5.54. The molecule has 0 amide bonds. The summed E-state index contributed by atoms with van der Waals surface area (Å²) in [6, 6.07) is 14.2. The van der Waals surface area contributed by atoms with Crippen molar-refractivity contribution in [2.75, 3.05) is 0 Å². The van der Waals surface area contributed by atoms with E-state index < -0.39 is 4.92 Å². The van der Waals surface area contributed by atoms with Crippen molar-refractivity contribution in [2.45, 2.75) is 13.8 Å². The molecule has 0 fully saturated rings. The quantitative estimate of drug-likeness (QED) is 0.426. The van der Waals surface area contributed by atoms with Crippen LogP contribution < -0.4 is 0 Å². The zero-order chi connectivity index (χ0) is 17.4. The predicted octanol–water partition coefficient (Wildman–Crippen LogP) is 5.98. The largest absolute Gasteiger partial charge is 0.303 e. The monoisotopic (exact) mass is 360 g/mol. The summed E-state index contributed by atoms with van der Waals surface area (Å²) >= 11 is 13.1. The maximum atomic E-state index is 10.8. The van der Waals surface area contributed by atoms with Gasteiger partial charge in [-0.15, -0.1) is 0 Å². The number of rotatable bonds is 3. The number of hydrogen-bond acceptors (Lipinski definition) is 2. The summed E-state index contributed by atoms with van der Waals surface area (Å²) in [5.74, 6) is 0. The SMILES string of the molecule is Cc1ccc(-n2c(C)c(Cl)c(-c3ccc([N+](=O)[O-])cc3)c2Cl)cc1. The fraction of sp³-hybridized carbons (Fsp3) is 0.111. The van der Waals surface area contributed by atoms with Gasteiger partial charge in [0.1, 0.15) is 5.15 Å². The minimum absolute atomic E-state index is 0.0284. The molecule has 0 aliphatic rings. The molecule has 0 bridgehead atoms. The smallest absolute Gasteiger partial charge is 0.269 e. The van der Waals surface area contributed by atoms with Crippen LogP contribution in [-0.4, -0.2) is 9.49 Å². The number of aromatic nitrogens is 1. The lowest BCUT2D eigenvalue weighted by atomic mass is 10.1. The van der Waals surface area contributed by atoms with Gasteiger partial charge in [0.05, 0.1) is 9.95 Å². The minimum Gasteiger partial charge on any atom is -0.303 e. The van der Waals surface area contributed by atoms with E-state index in [9.17, 15) is 10.1 Å². The van der Waals surface area contributed by atoms with Crippen LogP contribution in [0.15, 0.2) is 48.5 Å². The summed E-state index contributed by atoms with van der Waals surface area (Å²) in [7, 11) is 0. The number of halogens is 2. The van der Waals surface area contributed by atoms with E-state index in [1.807, 2.05) is 42.7 Å². The van der Waals surface area contributed by atoms with Crippen LogP contribution in [0.3, 0.4) is 0 Å². The van der Waals surface area contributed by atoms with Crippen molar-refractivity contribution >= 4 is 28.9 Å². The summed E-state index contributed by atoms with van der Waals surface area (Å²) in [6.07, 6.45) is 0. The second-order valence-corrected chi connectivity index (χ2v) is 6.28. The van der Waals surface area contributed by atoms with Gasteiger partial charge in [-0.25, -0.2) is 0 Å². The van der Waals surface area contributed by atoms with E-state index in [2.05, 4.69) is 0 Å². The molecular formula is C18H14Cl2N2O2. The Hall–Kier alpha value is -2.30. The molecule has 0 saturated heterocycles. The highest BCUT2D eigenvalue weighted by molar-refractivity contribution is 6.40. The van der Waals surface area contributed by atoms with Crippen LogP contribution in [0.4, 0.5) is 5.69 Å². The average Bonchev–Trinajstić information content (AvgIpc) is 2.78. The number of hydrogen-bond donors (Lipinski definition) is 0. The van der Waals surface area contributed by atoms with E-state index in [-0.39, 0.29) is 5.69 Å². The molecule has 0 aliphatic heterocycles. The summed E-state index contributed by atoms with van der Waals surface area (Å²) in [4.78, 5) is 10.4. The highest BCUT2D eigenvalue weighted by Crippen LogP contribution is 2.41. The highest BCUT2D eigenvalue weighted by atomic mass is 35.5. The number of non-ortho nitro benzene ring substituents is 1. The molecule has 6 heteroatoms. The normalized spacial score (nSPS) is 10.8. The van der Waals surface area contributed by atoms with Crippen LogP contribution in [0.5, 0.6) is 0 Å². The number of nitrogens with zero attached hydrogens (tertiary/aromatic N) is 2. The van der Waals surface area contributed by atoms with E-state index >= 15 is 0 Å². The zero-order valence-corrected chi connectivity index (χ0v) is 14.6. The van der Waals surface area contributed by atoms with Crippen molar-refractivity contribution < 1.29 is 4.92 Å². The standard InChI is InChI=1S/C18H14Cl2N2O2/c1-11-3-7-14(8-4-11)21-12(2)17(19)16(18(21)20)13-5-9-15(10-6-13)22(23)24/h3-10H,1-2H3. The first-order valence-electron chi connectivity index (χ1n) is 7.28. The lowest BCUT2D eigenvalue weighted by Gasteiger charge is -2.08. The molecule has 0 spiro atoms. The fourth-order valence-electron chi connectivity index (χ4n) is 2.63. The summed E-state index contributed by atoms with van der Waals surface area (Å²) in [5, 5.41) is 11.8. The number of aryl methyl sites for hydroxylation is 1. The van der Waals surface area contributed by atoms with Gasteiger partial charge in [-0.05, 0) is 43.7 Å². The number of benzene rings is 2. The Kier molecular flexibility index (Phi) is 4.35. The minimum atomic E-state index is -0.435. The topological polar surface area (TPSA) is 48.1 Å². The molecule has 4 nitrogen and oxygen atoms in total. The van der Waals surface area contributed by atoms with E-state index in [4.69, 9.17) is 23.2 Å². The van der Waals surface area contributed by atoms with Crippen LogP contribution in [0.2, 0.25) is 10.2 Å². The Morgan fingerprint density at radius 3 is 2.08 bits per heavy atom. The third kappa shape index (κ3) is 2.79. The Labute approximate surface area is 149 Å². The van der Waals surface area contributed by atoms with Crippen LogP contribution in [0.1, 0.15) is 11.3 Å². The maximum absolute atomic E-state index is 10.8. The van der Waals surface area contributed by atoms with E-state index in [0.29, 0.717) is 15.7 Å². The van der Waals surface area contributed by atoms with Crippen molar-refractivity contribution in [1.29, 1.82) is 0 Å². The first-order valence-corrected chi connectivity index (χ1v) is 8.04. The Bertz CT molecular complexity index is 914. The first kappa shape index (κ1) is 16.6. The molecule has 24 heavy (non-hydrogen) atoms. The Balaban J connectivity index is 2.15. The molecule has 1 heterocycles. The van der Waals surface area contributed by atoms with Crippen LogP contribution >= 0.6 is 23.2 Å². The zero-order valence-electron chi connectivity index (χ0n) is 13.1. The molecule has 0 N–H and O–H groups in total. The molecule has 3 aromatic rings. The van der Waals surface area contributed by atoms with Gasteiger partial charge in [0.2, 0.25) is 0 Å². The molecule has 1 aromatic heterocycles. The van der Waals surface area contributed by atoms with Crippen LogP contribution in [0.25, 0.3) is 16.8 Å². The highest BCUT2D eigenvalue weighted by Gasteiger charge is 2.20. The Morgan fingerprint density at radius 2 is 1.54 bits per heavy atom. The van der Waals surface area contributed by atoms with Gasteiger partial charge in [0.15, 0.2) is 0 Å². The molecule has 0 saturated carbocycles. The lowest BCUT2D eigenvalue weighted by Crippen LogP contribution is -1.96. The van der Waals surface area contributed by atoms with E-state index in [1.54, 1.807) is 12.1 Å². The summed E-state index contributed by atoms with van der Waals surface area (Å²) < 4.78 is 1.88. The molecule has 122 valence electrons. The molecular weight excluding hydrogens is 347 g/mol. The third-order valence-corrected chi connectivity index (χ3v) is 4.75. The van der Waals surface area contributed by atoms with E-state index in [1.165, 1.54) is 12.1 Å². The van der Waals surface area contributed by atoms with Gasteiger partial charge in [0, 0.05) is 29.1 Å². The van der Waals surface area contributed by atoms with Gasteiger partial charge < -0.3 is 4.57 Å². The van der Waals surface area contributed by atoms with Gasteiger partial charge in [-0.1, -0.05) is 40.9 Å². The second kappa shape index (κ2) is 6.30. The molecule has 0 unspecified atom stereocenters. The van der Waals surface area contributed by atoms with Crippen molar-refractivity contribution in [2.24, 2.45) is 0 Å². The molecule has 0 aliphatic carbocycles. The Morgan fingerprint density at radius 1 is 0.958 bits per heavy atom. The average molecular weight is 361 g/mol. The summed E-state index contributed by atoms with van der Waals surface area (Å²) in [5.41, 5.74) is 4.33. The molecule has 0 atom stereocenters. The van der Waals surface area contributed by atoms with Crippen molar-refractivity contribution in [1.82, 2.24) is 4.57 Å². The van der Waals surface area contributed by atoms with Gasteiger partial charge >= 0.3 is 0 Å². The fourth-order valence-corrected chi connectivity index (χ4v) is 3.38. The van der Waals surface area contributed by atoms with E-state index in [0.717, 1.165) is 22.5 Å². The van der Waals surface area contributed by atoms with Crippen LogP contribution in [-0.2, 0) is 0 Å². The van der Waals surface area contributed by atoms with Crippen LogP contribution in [0, 0.1) is 24.0 Å². The maximum Gasteiger partial charge on any atom is 0.269 e. The number of nitro groups is 1. The third-order valence-electron chi connectivity index (χ3n) is 3.93. The predicted molar refractivity (Wildman–Crippen MR) is 97.4 cm³/mol. The van der Waals surface area contributed by atoms with Crippen molar-refractivity contribution in [3.8, 4) is 16.8 Å². The molecule has 3 rings (SSSR count). The van der Waals surface area contributed by atoms with Crippen molar-refractivity contribution in [3.05, 3.63) is 80.1 Å².